The minimum atomic E-state index is -4.10. The van der Waals surface area contributed by atoms with Gasteiger partial charge in [0.25, 0.3) is 0 Å². The van der Waals surface area contributed by atoms with Gasteiger partial charge in [-0.25, -0.2) is 9.55 Å². The Balaban J connectivity index is 2.50. The lowest BCUT2D eigenvalue weighted by Gasteiger charge is -2.27. The molecule has 0 aliphatic heterocycles. The molecule has 7 nitrogen and oxygen atoms in total. The maximum Gasteiger partial charge on any atom is 0.395 e. The number of anilines is 1. The Kier molecular flexibility index (Phi) is 7.43. The Morgan fingerprint density at radius 1 is 1.07 bits per heavy atom. The van der Waals surface area contributed by atoms with Crippen molar-refractivity contribution in [2.45, 2.75) is 60.3 Å². The number of aromatic nitrogens is 1. The van der Waals surface area contributed by atoms with Gasteiger partial charge in [0, 0.05) is 22.9 Å². The van der Waals surface area contributed by atoms with Gasteiger partial charge in [0.05, 0.1) is 7.11 Å². The van der Waals surface area contributed by atoms with Gasteiger partial charge in [-0.1, -0.05) is 27.7 Å². The van der Waals surface area contributed by atoms with E-state index < -0.39 is 7.60 Å². The first-order valence-corrected chi connectivity index (χ1v) is 11.8. The molecule has 0 fully saturated rings. The third-order valence-electron chi connectivity index (χ3n) is 5.22. The SMILES string of the molecule is COc1c(O)c(C)c(C(C)C)c(OP(=O)(O)CNc2nccc(C)c2C)c1C(C)C. The topological polar surface area (TPSA) is 101 Å². The average Bonchev–Trinajstić information content (AvgIpc) is 2.64. The van der Waals surface area contributed by atoms with Crippen LogP contribution in [-0.4, -0.2) is 28.4 Å². The predicted molar refractivity (Wildman–Crippen MR) is 120 cm³/mol. The van der Waals surface area contributed by atoms with Crippen molar-refractivity contribution in [1.82, 2.24) is 4.98 Å². The lowest BCUT2D eigenvalue weighted by Crippen LogP contribution is -2.12. The van der Waals surface area contributed by atoms with Gasteiger partial charge in [0.15, 0.2) is 11.5 Å². The van der Waals surface area contributed by atoms with Crippen molar-refractivity contribution >= 4 is 13.4 Å². The van der Waals surface area contributed by atoms with Crippen molar-refractivity contribution < 1.29 is 23.8 Å². The minimum Gasteiger partial charge on any atom is -0.504 e. The number of aromatic hydroxyl groups is 1. The predicted octanol–water partition coefficient (Wildman–Crippen LogP) is 5.60. The van der Waals surface area contributed by atoms with Gasteiger partial charge in [0.1, 0.15) is 17.9 Å². The summed E-state index contributed by atoms with van der Waals surface area (Å²) in [6, 6.07) is 1.88. The molecule has 0 spiro atoms. The molecule has 0 radical (unpaired) electrons. The van der Waals surface area contributed by atoms with Crippen LogP contribution < -0.4 is 14.6 Å². The van der Waals surface area contributed by atoms with Gasteiger partial charge in [-0.05, 0) is 49.8 Å². The molecule has 1 aromatic heterocycles. The summed E-state index contributed by atoms with van der Waals surface area (Å²) in [5, 5.41) is 13.6. The highest BCUT2D eigenvalue weighted by atomic mass is 31.2. The smallest absolute Gasteiger partial charge is 0.395 e. The fourth-order valence-electron chi connectivity index (χ4n) is 3.53. The minimum absolute atomic E-state index is 0.0303. The molecular formula is C22H33N2O5P. The molecule has 166 valence electrons. The van der Waals surface area contributed by atoms with Gasteiger partial charge in [-0.2, -0.15) is 0 Å². The second-order valence-electron chi connectivity index (χ2n) is 8.14. The summed E-state index contributed by atoms with van der Waals surface area (Å²) in [5.74, 6) is 0.999. The maximum atomic E-state index is 13.0. The molecule has 0 bridgehead atoms. The zero-order valence-corrected chi connectivity index (χ0v) is 19.9. The monoisotopic (exact) mass is 436 g/mol. The highest BCUT2D eigenvalue weighted by molar-refractivity contribution is 7.53. The summed E-state index contributed by atoms with van der Waals surface area (Å²) in [5.41, 5.74) is 3.78. The summed E-state index contributed by atoms with van der Waals surface area (Å²) in [7, 11) is -2.64. The molecular weight excluding hydrogens is 403 g/mol. The van der Waals surface area contributed by atoms with Crippen LogP contribution in [0.3, 0.4) is 0 Å². The first-order chi connectivity index (χ1) is 13.9. The van der Waals surface area contributed by atoms with Gasteiger partial charge < -0.3 is 24.6 Å². The molecule has 8 heteroatoms. The van der Waals surface area contributed by atoms with Crippen LogP contribution in [0.5, 0.6) is 17.2 Å². The van der Waals surface area contributed by atoms with E-state index in [0.29, 0.717) is 28.3 Å². The van der Waals surface area contributed by atoms with Crippen LogP contribution in [0.4, 0.5) is 5.82 Å². The van der Waals surface area contributed by atoms with E-state index in [-0.39, 0.29) is 29.6 Å². The van der Waals surface area contributed by atoms with Gasteiger partial charge >= 0.3 is 7.60 Å². The molecule has 2 aromatic rings. The van der Waals surface area contributed by atoms with E-state index in [9.17, 15) is 14.6 Å². The van der Waals surface area contributed by atoms with E-state index in [1.165, 1.54) is 7.11 Å². The highest BCUT2D eigenvalue weighted by Gasteiger charge is 2.32. The third-order valence-corrected chi connectivity index (χ3v) is 6.25. The molecule has 0 aliphatic carbocycles. The van der Waals surface area contributed by atoms with Crippen LogP contribution in [0.1, 0.15) is 67.3 Å². The number of pyridine rings is 1. The molecule has 1 atom stereocenters. The van der Waals surface area contributed by atoms with Crippen LogP contribution in [-0.2, 0) is 4.57 Å². The molecule has 1 heterocycles. The lowest BCUT2D eigenvalue weighted by atomic mass is 9.89. The number of phenols is 1. The number of benzene rings is 1. The van der Waals surface area contributed by atoms with Crippen LogP contribution in [0, 0.1) is 20.8 Å². The Hall–Kier alpha value is -2.24. The second kappa shape index (κ2) is 9.27. The summed E-state index contributed by atoms with van der Waals surface area (Å²) >= 11 is 0. The fraction of sp³-hybridized carbons (Fsp3) is 0.500. The van der Waals surface area contributed by atoms with E-state index in [4.69, 9.17) is 9.26 Å². The number of phenolic OH excluding ortho intramolecular Hbond substituents is 1. The first-order valence-electron chi connectivity index (χ1n) is 10.0. The molecule has 3 N–H and O–H groups in total. The number of ether oxygens (including phenoxy) is 1. The van der Waals surface area contributed by atoms with Gasteiger partial charge in [-0.3, -0.25) is 0 Å². The number of nitrogens with zero attached hydrogens (tertiary/aromatic N) is 1. The van der Waals surface area contributed by atoms with Crippen molar-refractivity contribution in [2.24, 2.45) is 0 Å². The van der Waals surface area contributed by atoms with E-state index in [2.05, 4.69) is 10.3 Å². The van der Waals surface area contributed by atoms with Crippen molar-refractivity contribution in [1.29, 1.82) is 0 Å². The molecule has 1 unspecified atom stereocenters. The van der Waals surface area contributed by atoms with E-state index >= 15 is 0 Å². The van der Waals surface area contributed by atoms with Crippen LogP contribution in [0.25, 0.3) is 0 Å². The lowest BCUT2D eigenvalue weighted by molar-refractivity contribution is 0.351. The Bertz CT molecular complexity index is 973. The summed E-state index contributed by atoms with van der Waals surface area (Å²) in [6.45, 7) is 13.3. The van der Waals surface area contributed by atoms with Gasteiger partial charge in [-0.15, -0.1) is 0 Å². The Morgan fingerprint density at radius 3 is 2.20 bits per heavy atom. The van der Waals surface area contributed by atoms with E-state index in [0.717, 1.165) is 11.1 Å². The Morgan fingerprint density at radius 2 is 1.67 bits per heavy atom. The number of methoxy groups -OCH3 is 1. The average molecular weight is 436 g/mol. The van der Waals surface area contributed by atoms with Crippen LogP contribution in [0.2, 0.25) is 0 Å². The molecule has 0 amide bonds. The Labute approximate surface area is 179 Å². The highest BCUT2D eigenvalue weighted by Crippen LogP contribution is 2.54. The number of hydrogen-bond donors (Lipinski definition) is 3. The number of rotatable bonds is 8. The molecule has 30 heavy (non-hydrogen) atoms. The number of hydrogen-bond acceptors (Lipinski definition) is 6. The maximum absolute atomic E-state index is 13.0. The van der Waals surface area contributed by atoms with Crippen LogP contribution >= 0.6 is 7.60 Å². The van der Waals surface area contributed by atoms with Crippen molar-refractivity contribution in [3.63, 3.8) is 0 Å². The van der Waals surface area contributed by atoms with E-state index in [1.54, 1.807) is 13.1 Å². The summed E-state index contributed by atoms with van der Waals surface area (Å²) in [6.07, 6.45) is 1.34. The molecule has 0 aliphatic rings. The number of aryl methyl sites for hydroxylation is 1. The zero-order chi connectivity index (χ0) is 22.8. The number of nitrogens with one attached hydrogen (secondary N) is 1. The van der Waals surface area contributed by atoms with Crippen molar-refractivity contribution in [3.8, 4) is 17.2 Å². The fourth-order valence-corrected chi connectivity index (χ4v) is 4.42. The summed E-state index contributed by atoms with van der Waals surface area (Å²) < 4.78 is 24.3. The standard InChI is InChI=1S/C22H33N2O5P/c1-12(2)17-16(7)19(25)21(28-8)18(13(3)4)20(17)29-30(26,27)11-24-22-15(6)14(5)9-10-23-22/h9-10,12-13,25H,11H2,1-8H3,(H,23,24)(H,26,27). The second-order valence-corrected chi connectivity index (χ2v) is 9.91. The zero-order valence-electron chi connectivity index (χ0n) is 19.0. The summed E-state index contributed by atoms with van der Waals surface area (Å²) in [4.78, 5) is 14.9. The quantitative estimate of drug-likeness (QED) is 0.463. The van der Waals surface area contributed by atoms with Gasteiger partial charge in [0.2, 0.25) is 0 Å². The molecule has 2 rings (SSSR count). The van der Waals surface area contributed by atoms with Crippen LogP contribution in [0.15, 0.2) is 12.3 Å². The molecule has 1 aromatic carbocycles. The first kappa shape index (κ1) is 24.0. The van der Waals surface area contributed by atoms with Crippen molar-refractivity contribution in [2.75, 3.05) is 18.7 Å². The third kappa shape index (κ3) is 4.90. The molecule has 0 saturated carbocycles. The van der Waals surface area contributed by atoms with E-state index in [1.807, 2.05) is 47.6 Å². The largest absolute Gasteiger partial charge is 0.504 e. The molecule has 0 saturated heterocycles. The van der Waals surface area contributed by atoms with Crippen molar-refractivity contribution in [3.05, 3.63) is 40.1 Å². The normalized spacial score (nSPS) is 13.4.